The van der Waals surface area contributed by atoms with Gasteiger partial charge in [-0.2, -0.15) is 0 Å². The molecule has 0 spiro atoms. The molecule has 2 rings (SSSR count). The molecular weight excluding hydrogens is 238 g/mol. The van der Waals surface area contributed by atoms with Crippen LogP contribution in [0.3, 0.4) is 0 Å². The van der Waals surface area contributed by atoms with E-state index >= 15 is 0 Å². The summed E-state index contributed by atoms with van der Waals surface area (Å²) in [5.74, 6) is 0. The van der Waals surface area contributed by atoms with Crippen molar-refractivity contribution in [1.29, 1.82) is 0 Å². The van der Waals surface area contributed by atoms with Gasteiger partial charge in [0.15, 0.2) is 0 Å². The number of benzene rings is 1. The Kier molecular flexibility index (Phi) is 4.22. The molecule has 1 aromatic carbocycles. The zero-order valence-electron chi connectivity index (χ0n) is 11.5. The fourth-order valence-corrected chi connectivity index (χ4v) is 2.22. The first-order chi connectivity index (χ1) is 9.15. The predicted molar refractivity (Wildman–Crippen MR) is 77.8 cm³/mol. The van der Waals surface area contributed by atoms with Crippen LogP contribution in [-0.2, 0) is 6.42 Å². The summed E-state index contributed by atoms with van der Waals surface area (Å²) < 4.78 is 3.45. The van der Waals surface area contributed by atoms with Gasteiger partial charge in [-0.3, -0.25) is 9.13 Å². The summed E-state index contributed by atoms with van der Waals surface area (Å²) in [4.78, 5) is 12.3. The van der Waals surface area contributed by atoms with Gasteiger partial charge < -0.3 is 5.73 Å². The van der Waals surface area contributed by atoms with Crippen LogP contribution < -0.4 is 11.4 Å². The maximum Gasteiger partial charge on any atom is 0.332 e. The molecule has 2 aromatic rings. The summed E-state index contributed by atoms with van der Waals surface area (Å²) in [6, 6.07) is 8.17. The molecule has 0 aliphatic heterocycles. The average molecular weight is 259 g/mol. The second-order valence-electron chi connectivity index (χ2n) is 4.97. The van der Waals surface area contributed by atoms with E-state index in [1.54, 1.807) is 9.13 Å². The summed E-state index contributed by atoms with van der Waals surface area (Å²) in [6.07, 6.45) is 5.50. The summed E-state index contributed by atoms with van der Waals surface area (Å²) in [7, 11) is 0. The molecule has 0 radical (unpaired) electrons. The first kappa shape index (κ1) is 13.6. The SMILES string of the molecule is CC(C)n1ccn(-c2ccccc2CCCN)c1=O. The van der Waals surface area contributed by atoms with E-state index in [9.17, 15) is 4.79 Å². The van der Waals surface area contributed by atoms with Crippen LogP contribution in [0.4, 0.5) is 0 Å². The number of imidazole rings is 1. The quantitative estimate of drug-likeness (QED) is 0.894. The molecule has 102 valence electrons. The fraction of sp³-hybridized carbons (Fsp3) is 0.400. The third kappa shape index (κ3) is 2.79. The van der Waals surface area contributed by atoms with E-state index in [2.05, 4.69) is 6.07 Å². The molecule has 0 aliphatic carbocycles. The summed E-state index contributed by atoms with van der Waals surface area (Å²) in [6.45, 7) is 4.67. The van der Waals surface area contributed by atoms with Crippen LogP contribution in [-0.4, -0.2) is 15.7 Å². The maximum atomic E-state index is 12.3. The third-order valence-corrected chi connectivity index (χ3v) is 3.26. The van der Waals surface area contributed by atoms with Crippen LogP contribution in [0.1, 0.15) is 31.9 Å². The van der Waals surface area contributed by atoms with E-state index in [0.29, 0.717) is 6.54 Å². The number of hydrogen-bond acceptors (Lipinski definition) is 2. The zero-order chi connectivity index (χ0) is 13.8. The highest BCUT2D eigenvalue weighted by Crippen LogP contribution is 2.15. The Hall–Kier alpha value is -1.81. The van der Waals surface area contributed by atoms with Crippen LogP contribution in [0.5, 0.6) is 0 Å². The standard InChI is InChI=1S/C15H21N3O/c1-12(2)17-10-11-18(15(17)19)14-8-4-3-6-13(14)7-5-9-16/h3-4,6,8,10-12H,5,7,9,16H2,1-2H3. The van der Waals surface area contributed by atoms with Crippen molar-refractivity contribution < 1.29 is 0 Å². The number of aryl methyl sites for hydroxylation is 1. The second kappa shape index (κ2) is 5.89. The largest absolute Gasteiger partial charge is 0.332 e. The van der Waals surface area contributed by atoms with Gasteiger partial charge in [0.1, 0.15) is 0 Å². The fourth-order valence-electron chi connectivity index (χ4n) is 2.22. The minimum absolute atomic E-state index is 0.00944. The van der Waals surface area contributed by atoms with Crippen molar-refractivity contribution in [1.82, 2.24) is 9.13 Å². The molecule has 0 fully saturated rings. The second-order valence-corrected chi connectivity index (χ2v) is 4.97. The molecule has 0 bridgehead atoms. The number of hydrogen-bond donors (Lipinski definition) is 1. The van der Waals surface area contributed by atoms with E-state index < -0.39 is 0 Å². The number of aromatic nitrogens is 2. The summed E-state index contributed by atoms with van der Waals surface area (Å²) >= 11 is 0. The van der Waals surface area contributed by atoms with E-state index in [0.717, 1.165) is 24.1 Å². The summed E-state index contributed by atoms with van der Waals surface area (Å²) in [5.41, 5.74) is 7.70. The lowest BCUT2D eigenvalue weighted by Gasteiger charge is -2.09. The van der Waals surface area contributed by atoms with Gasteiger partial charge in [-0.1, -0.05) is 18.2 Å². The number of nitrogens with zero attached hydrogens (tertiary/aromatic N) is 2. The molecule has 4 heteroatoms. The van der Waals surface area contributed by atoms with Crippen LogP contribution in [0.15, 0.2) is 41.5 Å². The third-order valence-electron chi connectivity index (χ3n) is 3.26. The minimum atomic E-state index is 0.00944. The molecule has 0 atom stereocenters. The van der Waals surface area contributed by atoms with E-state index in [1.165, 1.54) is 0 Å². The molecule has 1 heterocycles. The monoisotopic (exact) mass is 259 g/mol. The van der Waals surface area contributed by atoms with Gasteiger partial charge in [-0.15, -0.1) is 0 Å². The maximum absolute atomic E-state index is 12.3. The van der Waals surface area contributed by atoms with Gasteiger partial charge in [0.25, 0.3) is 0 Å². The smallest absolute Gasteiger partial charge is 0.330 e. The molecule has 2 N–H and O–H groups in total. The normalized spacial score (nSPS) is 11.2. The number of para-hydroxylation sites is 1. The molecule has 0 saturated carbocycles. The van der Waals surface area contributed by atoms with E-state index in [4.69, 9.17) is 5.73 Å². The minimum Gasteiger partial charge on any atom is -0.330 e. The van der Waals surface area contributed by atoms with Gasteiger partial charge in [0, 0.05) is 18.4 Å². The number of rotatable bonds is 5. The topological polar surface area (TPSA) is 52.9 Å². The van der Waals surface area contributed by atoms with Crippen LogP contribution in [0.2, 0.25) is 0 Å². The van der Waals surface area contributed by atoms with Crippen molar-refractivity contribution in [2.24, 2.45) is 5.73 Å². The Morgan fingerprint density at radius 3 is 2.58 bits per heavy atom. The Morgan fingerprint density at radius 2 is 1.95 bits per heavy atom. The highest BCUT2D eigenvalue weighted by atomic mass is 16.1. The van der Waals surface area contributed by atoms with Crippen molar-refractivity contribution >= 4 is 0 Å². The molecule has 0 aliphatic rings. The van der Waals surface area contributed by atoms with Crippen molar-refractivity contribution in [2.75, 3.05) is 6.54 Å². The lowest BCUT2D eigenvalue weighted by molar-refractivity contribution is 0.573. The van der Waals surface area contributed by atoms with Crippen LogP contribution >= 0.6 is 0 Å². The molecule has 0 amide bonds. The Morgan fingerprint density at radius 1 is 1.21 bits per heavy atom. The average Bonchev–Trinajstić information content (AvgIpc) is 2.78. The van der Waals surface area contributed by atoms with Gasteiger partial charge in [0.2, 0.25) is 0 Å². The lowest BCUT2D eigenvalue weighted by Crippen LogP contribution is -2.24. The van der Waals surface area contributed by atoms with Crippen LogP contribution in [0.25, 0.3) is 5.69 Å². The number of nitrogens with two attached hydrogens (primary N) is 1. The Bertz CT molecular complexity index is 595. The van der Waals surface area contributed by atoms with Crippen molar-refractivity contribution in [3.8, 4) is 5.69 Å². The van der Waals surface area contributed by atoms with Gasteiger partial charge >= 0.3 is 5.69 Å². The van der Waals surface area contributed by atoms with E-state index in [-0.39, 0.29) is 11.7 Å². The first-order valence-electron chi connectivity index (χ1n) is 6.73. The van der Waals surface area contributed by atoms with Crippen LogP contribution in [0, 0.1) is 0 Å². The molecule has 19 heavy (non-hydrogen) atoms. The molecule has 4 nitrogen and oxygen atoms in total. The lowest BCUT2D eigenvalue weighted by atomic mass is 10.1. The molecule has 1 aromatic heterocycles. The van der Waals surface area contributed by atoms with E-state index in [1.807, 2.05) is 44.4 Å². The highest BCUT2D eigenvalue weighted by Gasteiger charge is 2.10. The predicted octanol–water partition coefficient (Wildman–Crippen LogP) is 2.11. The first-order valence-corrected chi connectivity index (χ1v) is 6.73. The van der Waals surface area contributed by atoms with Gasteiger partial charge in [-0.25, -0.2) is 4.79 Å². The van der Waals surface area contributed by atoms with Crippen molar-refractivity contribution in [2.45, 2.75) is 32.7 Å². The summed E-state index contributed by atoms with van der Waals surface area (Å²) in [5, 5.41) is 0. The molecular formula is C15H21N3O. The zero-order valence-corrected chi connectivity index (χ0v) is 11.5. The van der Waals surface area contributed by atoms with Crippen molar-refractivity contribution in [3.63, 3.8) is 0 Å². The van der Waals surface area contributed by atoms with Crippen molar-refractivity contribution in [3.05, 3.63) is 52.7 Å². The highest BCUT2D eigenvalue weighted by molar-refractivity contribution is 5.41. The van der Waals surface area contributed by atoms with Gasteiger partial charge in [0.05, 0.1) is 5.69 Å². The Balaban J connectivity index is 2.44. The molecule has 0 unspecified atom stereocenters. The molecule has 0 saturated heterocycles. The Labute approximate surface area is 113 Å². The van der Waals surface area contributed by atoms with Gasteiger partial charge in [-0.05, 0) is 44.9 Å².